The van der Waals surface area contributed by atoms with Gasteiger partial charge in [-0.05, 0) is 137 Å². The smallest absolute Gasteiger partial charge is 0.256 e. The SMILES string of the molecule is C1=C2CC3CC3CC12c1cc2c3c(c1)N(c1ccccc1)c1ccccc1B3c1cc3c(cc1O2)-c1ccc(N(c2ccccc2)c2ccccc2)c2cccc(c12)O3. The van der Waals surface area contributed by atoms with Gasteiger partial charge in [0.1, 0.15) is 23.0 Å². The van der Waals surface area contributed by atoms with Crippen molar-refractivity contribution >= 4 is 68.0 Å². The van der Waals surface area contributed by atoms with Crippen LogP contribution in [-0.2, 0) is 5.41 Å². The van der Waals surface area contributed by atoms with Gasteiger partial charge in [0.05, 0.1) is 5.69 Å². The van der Waals surface area contributed by atoms with Crippen LogP contribution in [0.2, 0.25) is 0 Å². The molecule has 0 radical (unpaired) electrons. The molecular weight excluding hydrogens is 719 g/mol. The van der Waals surface area contributed by atoms with Gasteiger partial charge in [0, 0.05) is 50.2 Å². The molecule has 0 amide bonds. The minimum absolute atomic E-state index is 0.0176. The van der Waals surface area contributed by atoms with Crippen molar-refractivity contribution in [1.29, 1.82) is 0 Å². The predicted octanol–water partition coefficient (Wildman–Crippen LogP) is 12.1. The summed E-state index contributed by atoms with van der Waals surface area (Å²) in [5, 5.41) is 2.25. The van der Waals surface area contributed by atoms with Crippen LogP contribution in [0.25, 0.3) is 21.9 Å². The number of ether oxygens (including phenoxy) is 2. The largest absolute Gasteiger partial charge is 0.458 e. The van der Waals surface area contributed by atoms with Crippen LogP contribution in [0.1, 0.15) is 24.8 Å². The first kappa shape index (κ1) is 32.0. The average molecular weight is 757 g/mol. The van der Waals surface area contributed by atoms with Gasteiger partial charge in [0.15, 0.2) is 0 Å². The van der Waals surface area contributed by atoms with E-state index in [0.717, 1.165) is 84.9 Å². The van der Waals surface area contributed by atoms with Crippen LogP contribution in [0.15, 0.2) is 182 Å². The highest BCUT2D eigenvalue weighted by molar-refractivity contribution is 6.99. The first-order valence-electron chi connectivity index (χ1n) is 21.0. The lowest BCUT2D eigenvalue weighted by Crippen LogP contribution is -2.59. The number of hydrogen-bond donors (Lipinski definition) is 0. The standard InChI is InChI=1S/C54H37BN2O2/c1-4-13-37(14-5-1)56(38-15-6-2-7-16-38)45-24-23-40-42-29-50-44(30-49(42)58-48-22-12-19-41(45)52(40)48)55-43-20-10-11-21-46(43)57(39-17-8-3-9-18-39)47-27-35(28-51(59-50)53(47)55)54-31-34-25-33(34)26-36(54)32-54/h1-24,27-30,32-34H,25-26,31H2. The van der Waals surface area contributed by atoms with Crippen LogP contribution in [-0.4, -0.2) is 6.71 Å². The van der Waals surface area contributed by atoms with Crippen molar-refractivity contribution in [2.45, 2.75) is 24.7 Å². The molecule has 5 heteroatoms. The summed E-state index contributed by atoms with van der Waals surface area (Å²) < 4.78 is 14.3. The molecule has 3 unspecified atom stereocenters. The van der Waals surface area contributed by atoms with Gasteiger partial charge in [-0.1, -0.05) is 103 Å². The Balaban J connectivity index is 0.961. The van der Waals surface area contributed by atoms with Gasteiger partial charge < -0.3 is 19.3 Å². The minimum Gasteiger partial charge on any atom is -0.458 e. The Kier molecular flexibility index (Phi) is 6.29. The van der Waals surface area contributed by atoms with Gasteiger partial charge in [-0.25, -0.2) is 0 Å². The van der Waals surface area contributed by atoms with E-state index in [4.69, 9.17) is 9.47 Å². The van der Waals surface area contributed by atoms with Gasteiger partial charge in [0.2, 0.25) is 0 Å². The zero-order valence-electron chi connectivity index (χ0n) is 32.3. The van der Waals surface area contributed by atoms with Crippen LogP contribution in [0.5, 0.6) is 23.0 Å². The van der Waals surface area contributed by atoms with Crippen LogP contribution in [0.4, 0.5) is 34.1 Å². The van der Waals surface area contributed by atoms with Crippen LogP contribution in [0.3, 0.4) is 0 Å². The van der Waals surface area contributed by atoms with E-state index in [9.17, 15) is 0 Å². The first-order chi connectivity index (χ1) is 29.2. The lowest BCUT2D eigenvalue weighted by molar-refractivity contribution is 0.471. The number of benzene rings is 8. The van der Waals surface area contributed by atoms with E-state index >= 15 is 0 Å². The third-order valence-electron chi connectivity index (χ3n) is 14.1. The molecule has 3 heterocycles. The Morgan fingerprint density at radius 3 is 2.14 bits per heavy atom. The second kappa shape index (κ2) is 11.6. The molecule has 0 N–H and O–H groups in total. The summed E-state index contributed by atoms with van der Waals surface area (Å²) in [5.41, 5.74) is 15.8. The Bertz CT molecular complexity index is 3090. The number of fused-ring (bicyclic) bond motifs is 8. The summed E-state index contributed by atoms with van der Waals surface area (Å²) in [6, 6.07) is 61.5. The van der Waals surface area contributed by atoms with Crippen molar-refractivity contribution in [2.75, 3.05) is 9.80 Å². The maximum Gasteiger partial charge on any atom is 0.256 e. The Morgan fingerprint density at radius 2 is 1.32 bits per heavy atom. The molecule has 8 aromatic rings. The lowest BCUT2D eigenvalue weighted by atomic mass is 9.34. The highest BCUT2D eigenvalue weighted by Gasteiger charge is 2.58. The monoisotopic (exact) mass is 756 g/mol. The lowest BCUT2D eigenvalue weighted by Gasteiger charge is -2.41. The number of rotatable bonds is 5. The zero-order chi connectivity index (χ0) is 38.4. The average Bonchev–Trinajstić information content (AvgIpc) is 4.22. The van der Waals surface area contributed by atoms with Crippen molar-refractivity contribution in [3.63, 3.8) is 0 Å². The van der Waals surface area contributed by atoms with E-state index in [0.29, 0.717) is 0 Å². The van der Waals surface area contributed by atoms with E-state index in [1.165, 1.54) is 47.1 Å². The van der Waals surface area contributed by atoms with Gasteiger partial charge >= 0.3 is 0 Å². The molecule has 8 aromatic carbocycles. The van der Waals surface area contributed by atoms with Crippen LogP contribution < -0.4 is 35.7 Å². The Labute approximate surface area is 343 Å². The topological polar surface area (TPSA) is 24.9 Å². The summed E-state index contributed by atoms with van der Waals surface area (Å²) >= 11 is 0. The van der Waals surface area contributed by atoms with E-state index in [2.05, 4.69) is 186 Å². The van der Waals surface area contributed by atoms with Crippen molar-refractivity contribution in [3.05, 3.63) is 187 Å². The summed E-state index contributed by atoms with van der Waals surface area (Å²) in [7, 11) is 0. The molecule has 3 atom stereocenters. The fraction of sp³-hybridized carbons (Fsp3) is 0.111. The second-order valence-corrected chi connectivity index (χ2v) is 17.3. The van der Waals surface area contributed by atoms with Crippen LogP contribution >= 0.6 is 0 Å². The summed E-state index contributed by atoms with van der Waals surface area (Å²) in [6.45, 7) is -0.0176. The number of para-hydroxylation sites is 4. The minimum atomic E-state index is -0.0176. The molecule has 278 valence electrons. The summed E-state index contributed by atoms with van der Waals surface area (Å²) in [4.78, 5) is 4.82. The number of allylic oxidation sites excluding steroid dienone is 2. The normalized spacial score (nSPS) is 20.4. The van der Waals surface area contributed by atoms with Gasteiger partial charge in [-0.3, -0.25) is 0 Å². The maximum absolute atomic E-state index is 7.27. The molecule has 14 rings (SSSR count). The van der Waals surface area contributed by atoms with Crippen LogP contribution in [0, 0.1) is 11.8 Å². The fourth-order valence-corrected chi connectivity index (χ4v) is 11.3. The van der Waals surface area contributed by atoms with E-state index in [1.54, 1.807) is 5.57 Å². The Hall–Kier alpha value is -6.98. The fourth-order valence-electron chi connectivity index (χ4n) is 11.3. The predicted molar refractivity (Wildman–Crippen MR) is 241 cm³/mol. The maximum atomic E-state index is 7.27. The molecule has 0 spiro atoms. The quantitative estimate of drug-likeness (QED) is 0.129. The Morgan fingerprint density at radius 1 is 0.576 bits per heavy atom. The van der Waals surface area contributed by atoms with Crippen molar-refractivity contribution in [3.8, 4) is 34.1 Å². The molecule has 2 saturated carbocycles. The van der Waals surface area contributed by atoms with Crippen molar-refractivity contribution in [2.24, 2.45) is 11.8 Å². The van der Waals surface area contributed by atoms with Gasteiger partial charge in [-0.2, -0.15) is 0 Å². The molecule has 59 heavy (non-hydrogen) atoms. The third kappa shape index (κ3) is 4.50. The zero-order valence-corrected chi connectivity index (χ0v) is 32.3. The molecule has 0 saturated heterocycles. The summed E-state index contributed by atoms with van der Waals surface area (Å²) in [6.07, 6.45) is 6.44. The molecule has 0 bridgehead atoms. The molecule has 3 aliphatic heterocycles. The highest BCUT2D eigenvalue weighted by atomic mass is 16.5. The van der Waals surface area contributed by atoms with Gasteiger partial charge in [-0.15, -0.1) is 0 Å². The van der Waals surface area contributed by atoms with E-state index in [1.807, 2.05) is 0 Å². The van der Waals surface area contributed by atoms with E-state index < -0.39 is 0 Å². The molecule has 4 nitrogen and oxygen atoms in total. The molecule has 0 aromatic heterocycles. The summed E-state index contributed by atoms with van der Waals surface area (Å²) in [5.74, 6) is 5.33. The third-order valence-corrected chi connectivity index (χ3v) is 14.1. The van der Waals surface area contributed by atoms with Gasteiger partial charge in [0.25, 0.3) is 6.71 Å². The number of hydrogen-bond acceptors (Lipinski definition) is 4. The first-order valence-corrected chi connectivity index (χ1v) is 21.0. The number of anilines is 6. The molecule has 3 aliphatic carbocycles. The molecule has 2 fully saturated rings. The highest BCUT2D eigenvalue weighted by Crippen LogP contribution is 2.67. The molecular formula is C54H37BN2O2. The van der Waals surface area contributed by atoms with Crippen molar-refractivity contribution in [1.82, 2.24) is 0 Å². The number of nitrogens with zero attached hydrogens (tertiary/aromatic N) is 2. The van der Waals surface area contributed by atoms with Crippen molar-refractivity contribution < 1.29 is 9.47 Å². The molecule has 6 aliphatic rings. The second-order valence-electron chi connectivity index (χ2n) is 17.3. The van der Waals surface area contributed by atoms with E-state index in [-0.39, 0.29) is 12.1 Å².